The van der Waals surface area contributed by atoms with E-state index in [9.17, 15) is 9.59 Å². The van der Waals surface area contributed by atoms with Crippen molar-refractivity contribution >= 4 is 17.5 Å². The Morgan fingerprint density at radius 1 is 1.04 bits per heavy atom. The number of rotatable bonds is 5. The Balaban J connectivity index is 1.46. The van der Waals surface area contributed by atoms with E-state index in [0.29, 0.717) is 0 Å². The number of benzene rings is 1. The Kier molecular flexibility index (Phi) is 4.77. The van der Waals surface area contributed by atoms with Crippen molar-refractivity contribution in [2.24, 2.45) is 29.1 Å². The third kappa shape index (κ3) is 3.63. The van der Waals surface area contributed by atoms with Gasteiger partial charge in [0.05, 0.1) is 0 Å². The molecule has 2 amide bonds. The van der Waals surface area contributed by atoms with Crippen LogP contribution < -0.4 is 10.6 Å². The summed E-state index contributed by atoms with van der Waals surface area (Å²) in [7, 11) is 0. The number of amides is 2. The second kappa shape index (κ2) is 6.96. The standard InChI is InChI=1S/C23H32N2O2/c1-14(2)20(21(26)24-19-6-4-5-15(3)7-19)25-22(27)23-11-16-8-17(12-23)10-18(9-16)13-23/h4-7,14,16-18,20H,8-13H2,1-3H3,(H,24,26)(H,25,27)/t16?,17?,18?,20-,23?/m0/s1. The molecule has 5 rings (SSSR count). The minimum absolute atomic E-state index is 0.0488. The van der Waals surface area contributed by atoms with E-state index >= 15 is 0 Å². The minimum Gasteiger partial charge on any atom is -0.344 e. The first-order chi connectivity index (χ1) is 12.8. The second-order valence-electron chi connectivity index (χ2n) is 9.75. The van der Waals surface area contributed by atoms with Crippen LogP contribution in [0, 0.1) is 36.0 Å². The molecule has 0 aromatic heterocycles. The molecule has 4 bridgehead atoms. The van der Waals surface area contributed by atoms with Crippen molar-refractivity contribution in [2.75, 3.05) is 5.32 Å². The number of hydrogen-bond donors (Lipinski definition) is 2. The van der Waals surface area contributed by atoms with E-state index in [2.05, 4.69) is 10.6 Å². The SMILES string of the molecule is Cc1cccc(NC(=O)[C@@H](NC(=O)C23CC4CC(CC(C4)C2)C3)C(C)C)c1. The van der Waals surface area contributed by atoms with Crippen molar-refractivity contribution < 1.29 is 9.59 Å². The van der Waals surface area contributed by atoms with E-state index in [1.165, 1.54) is 19.3 Å². The van der Waals surface area contributed by atoms with Gasteiger partial charge in [-0.3, -0.25) is 9.59 Å². The van der Waals surface area contributed by atoms with E-state index in [1.54, 1.807) is 0 Å². The van der Waals surface area contributed by atoms with Gasteiger partial charge in [0.15, 0.2) is 0 Å². The average molecular weight is 369 g/mol. The molecule has 4 aliphatic rings. The molecule has 1 atom stereocenters. The Labute approximate surface area is 162 Å². The number of hydrogen-bond acceptors (Lipinski definition) is 2. The molecule has 146 valence electrons. The highest BCUT2D eigenvalue weighted by molar-refractivity contribution is 5.98. The maximum absolute atomic E-state index is 13.3. The molecule has 27 heavy (non-hydrogen) atoms. The molecule has 1 aromatic rings. The van der Waals surface area contributed by atoms with Gasteiger partial charge in [0.2, 0.25) is 11.8 Å². The molecule has 4 saturated carbocycles. The molecule has 0 saturated heterocycles. The predicted molar refractivity (Wildman–Crippen MR) is 107 cm³/mol. The van der Waals surface area contributed by atoms with Crippen LogP contribution in [0.15, 0.2) is 24.3 Å². The van der Waals surface area contributed by atoms with Gasteiger partial charge in [-0.25, -0.2) is 0 Å². The fourth-order valence-corrected chi connectivity index (χ4v) is 6.16. The summed E-state index contributed by atoms with van der Waals surface area (Å²) < 4.78 is 0. The van der Waals surface area contributed by atoms with E-state index in [-0.39, 0.29) is 23.1 Å². The monoisotopic (exact) mass is 368 g/mol. The smallest absolute Gasteiger partial charge is 0.247 e. The molecule has 2 N–H and O–H groups in total. The number of aryl methyl sites for hydroxylation is 1. The van der Waals surface area contributed by atoms with Gasteiger partial charge in [-0.2, -0.15) is 0 Å². The Morgan fingerprint density at radius 2 is 1.63 bits per heavy atom. The maximum Gasteiger partial charge on any atom is 0.247 e. The van der Waals surface area contributed by atoms with E-state index < -0.39 is 6.04 Å². The lowest BCUT2D eigenvalue weighted by Gasteiger charge is -2.55. The van der Waals surface area contributed by atoms with Crippen LogP contribution >= 0.6 is 0 Å². The molecule has 4 fully saturated rings. The van der Waals surface area contributed by atoms with Crippen molar-refractivity contribution in [3.8, 4) is 0 Å². The van der Waals surface area contributed by atoms with Crippen molar-refractivity contribution in [1.29, 1.82) is 0 Å². The summed E-state index contributed by atoms with van der Waals surface area (Å²) in [6.07, 6.45) is 7.01. The zero-order valence-corrected chi connectivity index (χ0v) is 16.8. The third-order valence-corrected chi connectivity index (χ3v) is 7.04. The molecule has 4 aliphatic carbocycles. The normalized spacial score (nSPS) is 32.4. The highest BCUT2D eigenvalue weighted by Gasteiger charge is 2.55. The van der Waals surface area contributed by atoms with Gasteiger partial charge in [-0.1, -0.05) is 26.0 Å². The van der Waals surface area contributed by atoms with Crippen molar-refractivity contribution in [3.63, 3.8) is 0 Å². The first kappa shape index (κ1) is 18.5. The predicted octanol–water partition coefficient (Wildman–Crippen LogP) is 4.29. The van der Waals surface area contributed by atoms with Crippen molar-refractivity contribution in [1.82, 2.24) is 5.32 Å². The summed E-state index contributed by atoms with van der Waals surface area (Å²) in [6, 6.07) is 7.29. The Bertz CT molecular complexity index is 704. The maximum atomic E-state index is 13.3. The van der Waals surface area contributed by atoms with Crippen LogP contribution in [0.4, 0.5) is 5.69 Å². The Morgan fingerprint density at radius 3 is 2.15 bits per heavy atom. The largest absolute Gasteiger partial charge is 0.344 e. The number of carbonyl (C=O) groups is 2. The van der Waals surface area contributed by atoms with Crippen molar-refractivity contribution in [3.05, 3.63) is 29.8 Å². The number of nitrogens with one attached hydrogen (secondary N) is 2. The van der Waals surface area contributed by atoms with Crippen LogP contribution in [0.3, 0.4) is 0 Å². The summed E-state index contributed by atoms with van der Waals surface area (Å²) in [6.45, 7) is 6.01. The molecular formula is C23H32N2O2. The van der Waals surface area contributed by atoms with E-state index in [4.69, 9.17) is 0 Å². The van der Waals surface area contributed by atoms with Gasteiger partial charge in [-0.15, -0.1) is 0 Å². The first-order valence-corrected chi connectivity index (χ1v) is 10.5. The van der Waals surface area contributed by atoms with E-state index in [0.717, 1.165) is 48.3 Å². The van der Waals surface area contributed by atoms with Gasteiger partial charge in [0, 0.05) is 11.1 Å². The lowest BCUT2D eigenvalue weighted by molar-refractivity contribution is -0.148. The van der Waals surface area contributed by atoms with Crippen LogP contribution in [0.2, 0.25) is 0 Å². The fraction of sp³-hybridized carbons (Fsp3) is 0.652. The summed E-state index contributed by atoms with van der Waals surface area (Å²) in [5.41, 5.74) is 1.67. The van der Waals surface area contributed by atoms with Crippen molar-refractivity contribution in [2.45, 2.75) is 65.3 Å². The van der Waals surface area contributed by atoms with Crippen LogP contribution in [0.5, 0.6) is 0 Å². The fourth-order valence-electron chi connectivity index (χ4n) is 6.16. The van der Waals surface area contributed by atoms with E-state index in [1.807, 2.05) is 45.0 Å². The molecule has 0 unspecified atom stereocenters. The summed E-state index contributed by atoms with van der Waals surface area (Å²) in [4.78, 5) is 26.2. The summed E-state index contributed by atoms with van der Waals surface area (Å²) >= 11 is 0. The highest BCUT2D eigenvalue weighted by atomic mass is 16.2. The van der Waals surface area contributed by atoms with Gasteiger partial charge in [0.25, 0.3) is 0 Å². The first-order valence-electron chi connectivity index (χ1n) is 10.5. The highest BCUT2D eigenvalue weighted by Crippen LogP contribution is 2.60. The van der Waals surface area contributed by atoms with Crippen LogP contribution in [-0.2, 0) is 9.59 Å². The zero-order valence-electron chi connectivity index (χ0n) is 16.8. The molecule has 4 heteroatoms. The lowest BCUT2D eigenvalue weighted by Crippen LogP contribution is -2.57. The van der Waals surface area contributed by atoms with Gasteiger partial charge < -0.3 is 10.6 Å². The molecule has 1 aromatic carbocycles. The molecule has 0 spiro atoms. The molecule has 0 aliphatic heterocycles. The molecular weight excluding hydrogens is 336 g/mol. The third-order valence-electron chi connectivity index (χ3n) is 7.04. The topological polar surface area (TPSA) is 58.2 Å². The quantitative estimate of drug-likeness (QED) is 0.814. The van der Waals surface area contributed by atoms with Gasteiger partial charge >= 0.3 is 0 Å². The van der Waals surface area contributed by atoms with Gasteiger partial charge in [-0.05, 0) is 86.8 Å². The number of carbonyl (C=O) groups excluding carboxylic acids is 2. The summed E-state index contributed by atoms with van der Waals surface area (Å²) in [5, 5.41) is 6.15. The molecule has 0 radical (unpaired) electrons. The molecule has 0 heterocycles. The zero-order chi connectivity index (χ0) is 19.2. The summed E-state index contributed by atoms with van der Waals surface area (Å²) in [5.74, 6) is 2.22. The average Bonchev–Trinajstić information content (AvgIpc) is 2.57. The van der Waals surface area contributed by atoms with Crippen LogP contribution in [0.25, 0.3) is 0 Å². The molecule has 4 nitrogen and oxygen atoms in total. The van der Waals surface area contributed by atoms with Crippen LogP contribution in [0.1, 0.15) is 57.9 Å². The lowest BCUT2D eigenvalue weighted by atomic mass is 9.49. The van der Waals surface area contributed by atoms with Crippen LogP contribution in [-0.4, -0.2) is 17.9 Å². The van der Waals surface area contributed by atoms with Gasteiger partial charge in [0.1, 0.15) is 6.04 Å². The second-order valence-corrected chi connectivity index (χ2v) is 9.75. The Hall–Kier alpha value is -1.84. The number of anilines is 1. The minimum atomic E-state index is -0.494.